The van der Waals surface area contributed by atoms with Crippen LogP contribution in [-0.2, 0) is 0 Å². The van der Waals surface area contributed by atoms with Gasteiger partial charge >= 0.3 is 0 Å². The summed E-state index contributed by atoms with van der Waals surface area (Å²) in [5.41, 5.74) is 2.65. The van der Waals surface area contributed by atoms with Crippen LogP contribution in [0.4, 0.5) is 4.39 Å². The molecule has 2 heterocycles. The molecule has 2 aromatic carbocycles. The zero-order chi connectivity index (χ0) is 17.2. The third kappa shape index (κ3) is 3.10. The Morgan fingerprint density at radius 3 is 2.92 bits per heavy atom. The van der Waals surface area contributed by atoms with Crippen molar-refractivity contribution < 1.29 is 13.9 Å². The molecule has 0 atom stereocenters. The number of thiazole rings is 1. The molecule has 0 fully saturated rings. The van der Waals surface area contributed by atoms with Crippen molar-refractivity contribution in [2.24, 2.45) is 0 Å². The van der Waals surface area contributed by atoms with E-state index in [1.54, 1.807) is 18.2 Å². The predicted molar refractivity (Wildman–Crippen MR) is 93.6 cm³/mol. The number of ether oxygens (including phenoxy) is 2. The second-order valence-corrected chi connectivity index (χ2v) is 6.19. The van der Waals surface area contributed by atoms with E-state index in [1.807, 2.05) is 23.6 Å². The van der Waals surface area contributed by atoms with E-state index >= 15 is 0 Å². The van der Waals surface area contributed by atoms with Crippen molar-refractivity contribution in [3.63, 3.8) is 0 Å². The molecule has 0 N–H and O–H groups in total. The standard InChI is InChI=1S/C19H11FN2O2S/c20-15-3-1-2-12(7-15)6-14(9-21)19-22-16(10-25-19)13-4-5-17-18(8-13)24-11-23-17/h1-8,10H,11H2. The molecule has 1 aliphatic heterocycles. The molecular weight excluding hydrogens is 339 g/mol. The molecule has 122 valence electrons. The van der Waals surface area contributed by atoms with Gasteiger partial charge < -0.3 is 9.47 Å². The molecule has 25 heavy (non-hydrogen) atoms. The zero-order valence-corrected chi connectivity index (χ0v) is 13.7. The highest BCUT2D eigenvalue weighted by Crippen LogP contribution is 2.36. The van der Waals surface area contributed by atoms with Crippen LogP contribution in [0.2, 0.25) is 0 Å². The quantitative estimate of drug-likeness (QED) is 0.640. The lowest BCUT2D eigenvalue weighted by molar-refractivity contribution is 0.174. The van der Waals surface area contributed by atoms with Gasteiger partial charge in [-0.25, -0.2) is 9.37 Å². The molecule has 0 saturated heterocycles. The number of allylic oxidation sites excluding steroid dienone is 1. The number of hydrogen-bond donors (Lipinski definition) is 0. The molecule has 3 aromatic rings. The van der Waals surface area contributed by atoms with Crippen LogP contribution >= 0.6 is 11.3 Å². The number of rotatable bonds is 3. The van der Waals surface area contributed by atoms with E-state index < -0.39 is 0 Å². The molecule has 0 spiro atoms. The minimum atomic E-state index is -0.341. The summed E-state index contributed by atoms with van der Waals surface area (Å²) in [4.78, 5) is 4.53. The average molecular weight is 350 g/mol. The minimum absolute atomic E-state index is 0.218. The summed E-state index contributed by atoms with van der Waals surface area (Å²) in [7, 11) is 0. The van der Waals surface area contributed by atoms with Crippen molar-refractivity contribution in [1.29, 1.82) is 5.26 Å². The lowest BCUT2D eigenvalue weighted by Gasteiger charge is -1.99. The fraction of sp³-hybridized carbons (Fsp3) is 0.0526. The summed E-state index contributed by atoms with van der Waals surface area (Å²) >= 11 is 1.37. The summed E-state index contributed by atoms with van der Waals surface area (Å²) in [6, 6.07) is 13.8. The van der Waals surface area contributed by atoms with E-state index in [0.717, 1.165) is 11.3 Å². The number of aromatic nitrogens is 1. The molecule has 0 bridgehead atoms. The lowest BCUT2D eigenvalue weighted by Crippen LogP contribution is -1.92. The molecule has 0 aliphatic carbocycles. The first-order valence-electron chi connectivity index (χ1n) is 7.46. The van der Waals surface area contributed by atoms with Crippen LogP contribution in [0.25, 0.3) is 22.9 Å². The highest BCUT2D eigenvalue weighted by atomic mass is 32.1. The third-order valence-corrected chi connectivity index (χ3v) is 4.56. The van der Waals surface area contributed by atoms with Gasteiger partial charge in [-0.2, -0.15) is 5.26 Å². The molecular formula is C19H11FN2O2S. The summed E-state index contributed by atoms with van der Waals surface area (Å²) in [6.07, 6.45) is 1.63. The Kier molecular flexibility index (Phi) is 3.92. The maximum Gasteiger partial charge on any atom is 0.231 e. The first-order valence-corrected chi connectivity index (χ1v) is 8.34. The minimum Gasteiger partial charge on any atom is -0.454 e. The Morgan fingerprint density at radius 1 is 1.20 bits per heavy atom. The number of fused-ring (bicyclic) bond motifs is 1. The molecule has 4 rings (SSSR count). The number of hydrogen-bond acceptors (Lipinski definition) is 5. The Morgan fingerprint density at radius 2 is 2.08 bits per heavy atom. The largest absolute Gasteiger partial charge is 0.454 e. The van der Waals surface area contributed by atoms with Crippen LogP contribution in [0.5, 0.6) is 11.5 Å². The van der Waals surface area contributed by atoms with Crippen LogP contribution in [0.1, 0.15) is 10.6 Å². The Hall–Kier alpha value is -3.17. The molecule has 0 amide bonds. The van der Waals surface area contributed by atoms with Crippen molar-refractivity contribution >= 4 is 23.0 Å². The molecule has 1 aromatic heterocycles. The van der Waals surface area contributed by atoms with Crippen LogP contribution in [0.3, 0.4) is 0 Å². The van der Waals surface area contributed by atoms with Crippen molar-refractivity contribution in [2.45, 2.75) is 0 Å². The summed E-state index contributed by atoms with van der Waals surface area (Å²) < 4.78 is 24.0. The number of nitriles is 1. The number of nitrogens with zero attached hydrogens (tertiary/aromatic N) is 2. The Bertz CT molecular complexity index is 1020. The third-order valence-electron chi connectivity index (χ3n) is 3.68. The van der Waals surface area contributed by atoms with Gasteiger partial charge in [0, 0.05) is 10.9 Å². The Balaban J connectivity index is 1.67. The average Bonchev–Trinajstić information content (AvgIpc) is 3.28. The van der Waals surface area contributed by atoms with E-state index in [9.17, 15) is 9.65 Å². The van der Waals surface area contributed by atoms with Crippen molar-refractivity contribution in [2.75, 3.05) is 6.79 Å². The molecule has 6 heteroatoms. The van der Waals surface area contributed by atoms with E-state index in [1.165, 1.54) is 23.5 Å². The van der Waals surface area contributed by atoms with Gasteiger partial charge in [0.15, 0.2) is 11.5 Å². The molecule has 0 saturated carbocycles. The topological polar surface area (TPSA) is 55.1 Å². The fourth-order valence-electron chi connectivity index (χ4n) is 2.49. The van der Waals surface area contributed by atoms with Crippen molar-refractivity contribution in [1.82, 2.24) is 4.98 Å². The monoisotopic (exact) mass is 350 g/mol. The van der Waals surface area contributed by atoms with Gasteiger partial charge in [-0.3, -0.25) is 0 Å². The van der Waals surface area contributed by atoms with Crippen LogP contribution < -0.4 is 9.47 Å². The summed E-state index contributed by atoms with van der Waals surface area (Å²) in [5.74, 6) is 1.05. The van der Waals surface area contributed by atoms with Gasteiger partial charge in [0.1, 0.15) is 16.9 Å². The summed E-state index contributed by atoms with van der Waals surface area (Å²) in [6.45, 7) is 0.218. The molecule has 0 unspecified atom stereocenters. The van der Waals surface area contributed by atoms with Gasteiger partial charge in [0.05, 0.1) is 11.3 Å². The smallest absolute Gasteiger partial charge is 0.231 e. The predicted octanol–water partition coefficient (Wildman–Crippen LogP) is 4.74. The van der Waals surface area contributed by atoms with E-state index in [0.29, 0.717) is 27.6 Å². The van der Waals surface area contributed by atoms with Gasteiger partial charge in [-0.1, -0.05) is 12.1 Å². The van der Waals surface area contributed by atoms with E-state index in [2.05, 4.69) is 11.1 Å². The lowest BCUT2D eigenvalue weighted by atomic mass is 10.1. The van der Waals surface area contributed by atoms with Gasteiger partial charge in [-0.05, 0) is 42.0 Å². The first kappa shape index (κ1) is 15.4. The second-order valence-electron chi connectivity index (χ2n) is 5.33. The fourth-order valence-corrected chi connectivity index (χ4v) is 3.29. The molecule has 4 nitrogen and oxygen atoms in total. The number of halogens is 1. The second kappa shape index (κ2) is 6.38. The molecule has 1 aliphatic rings. The SMILES string of the molecule is N#CC(=Cc1cccc(F)c1)c1nc(-c2ccc3c(c2)OCO3)cs1. The molecule has 0 radical (unpaired) electrons. The van der Waals surface area contributed by atoms with Crippen LogP contribution in [-0.4, -0.2) is 11.8 Å². The van der Waals surface area contributed by atoms with E-state index in [4.69, 9.17) is 9.47 Å². The summed E-state index contributed by atoms with van der Waals surface area (Å²) in [5, 5.41) is 11.9. The van der Waals surface area contributed by atoms with Crippen molar-refractivity contribution in [3.05, 3.63) is 64.2 Å². The van der Waals surface area contributed by atoms with E-state index in [-0.39, 0.29) is 12.6 Å². The maximum absolute atomic E-state index is 13.3. The zero-order valence-electron chi connectivity index (χ0n) is 12.9. The van der Waals surface area contributed by atoms with Crippen LogP contribution in [0.15, 0.2) is 47.8 Å². The van der Waals surface area contributed by atoms with Gasteiger partial charge in [0.2, 0.25) is 6.79 Å². The first-order chi connectivity index (χ1) is 12.2. The van der Waals surface area contributed by atoms with Crippen LogP contribution in [0, 0.1) is 17.1 Å². The highest BCUT2D eigenvalue weighted by Gasteiger charge is 2.16. The maximum atomic E-state index is 13.3. The van der Waals surface area contributed by atoms with Crippen molar-refractivity contribution in [3.8, 4) is 28.8 Å². The Labute approximate surface area is 147 Å². The van der Waals surface area contributed by atoms with Gasteiger partial charge in [-0.15, -0.1) is 11.3 Å². The number of benzene rings is 2. The normalized spacial score (nSPS) is 12.9. The van der Waals surface area contributed by atoms with Gasteiger partial charge in [0.25, 0.3) is 0 Å². The highest BCUT2D eigenvalue weighted by molar-refractivity contribution is 7.11.